The van der Waals surface area contributed by atoms with Gasteiger partial charge in [-0.3, -0.25) is 4.79 Å². The van der Waals surface area contributed by atoms with E-state index in [9.17, 15) is 28.0 Å². The summed E-state index contributed by atoms with van der Waals surface area (Å²) < 4.78 is 47.6. The number of hydrogen-bond acceptors (Lipinski definition) is 5. The molecule has 10 heteroatoms. The van der Waals surface area contributed by atoms with Gasteiger partial charge in [0.25, 0.3) is 5.91 Å². The van der Waals surface area contributed by atoms with Crippen molar-refractivity contribution < 1.29 is 32.2 Å². The van der Waals surface area contributed by atoms with Crippen molar-refractivity contribution in [1.29, 1.82) is 5.26 Å². The van der Waals surface area contributed by atoms with Gasteiger partial charge in [-0.15, -0.1) is 13.2 Å². The number of carbonyl (C=O) groups excluding carboxylic acids is 2. The van der Waals surface area contributed by atoms with E-state index in [4.69, 9.17) is 16.3 Å². The molecule has 0 aliphatic carbocycles. The van der Waals surface area contributed by atoms with Gasteiger partial charge in [0, 0.05) is 17.0 Å². The Morgan fingerprint density at radius 3 is 2.33 bits per heavy atom. The predicted octanol–water partition coefficient (Wildman–Crippen LogP) is 6.58. The fraction of sp³-hybridized carbons (Fsp3) is 0.276. The van der Waals surface area contributed by atoms with E-state index in [0.29, 0.717) is 17.0 Å². The molecule has 0 spiro atoms. The highest BCUT2D eigenvalue weighted by atomic mass is 35.5. The smallest absolute Gasteiger partial charge is 0.446 e. The molecule has 0 heterocycles. The van der Waals surface area contributed by atoms with E-state index < -0.39 is 41.2 Å². The van der Waals surface area contributed by atoms with E-state index in [1.54, 1.807) is 37.3 Å². The number of ether oxygens (including phenoxy) is 2. The van der Waals surface area contributed by atoms with Gasteiger partial charge in [-0.1, -0.05) is 48.0 Å². The molecule has 3 aromatic carbocycles. The summed E-state index contributed by atoms with van der Waals surface area (Å²) in [7, 11) is 0. The van der Waals surface area contributed by atoms with Crippen molar-refractivity contribution in [1.82, 2.24) is 5.32 Å². The third-order valence-electron chi connectivity index (χ3n) is 6.00. The van der Waals surface area contributed by atoms with Gasteiger partial charge < -0.3 is 14.8 Å². The van der Waals surface area contributed by atoms with Gasteiger partial charge in [-0.2, -0.15) is 5.26 Å². The topological polar surface area (TPSA) is 88.4 Å². The van der Waals surface area contributed by atoms with Crippen LogP contribution in [0.15, 0.2) is 72.8 Å². The highest BCUT2D eigenvalue weighted by Gasteiger charge is 2.37. The Morgan fingerprint density at radius 1 is 1.03 bits per heavy atom. The van der Waals surface area contributed by atoms with E-state index in [-0.39, 0.29) is 5.92 Å². The summed E-state index contributed by atoms with van der Waals surface area (Å²) in [6.45, 7) is 4.46. The van der Waals surface area contributed by atoms with Crippen molar-refractivity contribution in [2.45, 2.75) is 51.1 Å². The van der Waals surface area contributed by atoms with Gasteiger partial charge >= 0.3 is 12.3 Å². The number of carbonyl (C=O) groups is 2. The maximum atomic E-state index is 13.2. The van der Waals surface area contributed by atoms with Gasteiger partial charge in [-0.25, -0.2) is 4.79 Å². The first-order valence-electron chi connectivity index (χ1n) is 11.9. The number of hydrogen-bond donors (Lipinski definition) is 1. The van der Waals surface area contributed by atoms with Crippen LogP contribution in [0.2, 0.25) is 5.02 Å². The minimum absolute atomic E-state index is 0.282. The van der Waals surface area contributed by atoms with E-state index in [1.165, 1.54) is 26.0 Å². The Morgan fingerprint density at radius 2 is 1.69 bits per heavy atom. The van der Waals surface area contributed by atoms with Crippen LogP contribution >= 0.6 is 11.6 Å². The monoisotopic (exact) mass is 558 g/mol. The number of rotatable bonds is 9. The lowest BCUT2D eigenvalue weighted by Crippen LogP contribution is -2.50. The van der Waals surface area contributed by atoms with E-state index in [0.717, 1.165) is 23.3 Å². The Bertz CT molecular complexity index is 1370. The molecular weight excluding hydrogens is 533 g/mol. The van der Waals surface area contributed by atoms with E-state index in [2.05, 4.69) is 16.1 Å². The Kier molecular flexibility index (Phi) is 9.25. The number of nitrogens with zero attached hydrogens (tertiary/aromatic N) is 1. The molecule has 39 heavy (non-hydrogen) atoms. The van der Waals surface area contributed by atoms with Crippen LogP contribution in [0.25, 0.3) is 0 Å². The van der Waals surface area contributed by atoms with Crippen molar-refractivity contribution in [3.63, 3.8) is 0 Å². The first kappa shape index (κ1) is 29.5. The lowest BCUT2D eigenvalue weighted by atomic mass is 9.85. The van der Waals surface area contributed by atoms with Crippen molar-refractivity contribution in [3.8, 4) is 11.8 Å². The minimum atomic E-state index is -5.01. The summed E-state index contributed by atoms with van der Waals surface area (Å²) in [5.74, 6) is -2.83. The molecule has 0 fully saturated rings. The van der Waals surface area contributed by atoms with Gasteiger partial charge in [0.1, 0.15) is 11.3 Å². The second kappa shape index (κ2) is 12.2. The average molecular weight is 559 g/mol. The van der Waals surface area contributed by atoms with Crippen LogP contribution in [0, 0.1) is 11.3 Å². The van der Waals surface area contributed by atoms with Gasteiger partial charge in [0.15, 0.2) is 5.60 Å². The van der Waals surface area contributed by atoms with Crippen LogP contribution in [-0.2, 0) is 16.0 Å². The first-order valence-corrected chi connectivity index (χ1v) is 12.3. The molecule has 1 amide bonds. The molecule has 0 aliphatic rings. The van der Waals surface area contributed by atoms with Crippen molar-refractivity contribution >= 4 is 23.5 Å². The molecule has 0 aliphatic heterocycles. The van der Waals surface area contributed by atoms with Crippen LogP contribution in [0.3, 0.4) is 0 Å². The van der Waals surface area contributed by atoms with Crippen LogP contribution in [0.4, 0.5) is 13.2 Å². The summed E-state index contributed by atoms with van der Waals surface area (Å²) in [5.41, 5.74) is -0.000751. The van der Waals surface area contributed by atoms with Gasteiger partial charge in [-0.05, 0) is 74.7 Å². The maximum Gasteiger partial charge on any atom is 0.573 e. The van der Waals surface area contributed by atoms with Crippen LogP contribution in [-0.4, -0.2) is 29.9 Å². The SMILES string of the molecule is CC(NC(=O)C(C)(C)OC(=O)c1ccccc1OC(F)(F)F)C(Cc1ccc(Cl)cc1)c1cccc(C#N)c1. The number of para-hydroxylation sites is 1. The average Bonchev–Trinajstić information content (AvgIpc) is 2.87. The number of amides is 1. The van der Waals surface area contributed by atoms with Crippen molar-refractivity contribution in [3.05, 3.63) is 100 Å². The molecule has 6 nitrogen and oxygen atoms in total. The predicted molar refractivity (Wildman–Crippen MR) is 139 cm³/mol. The Hall–Kier alpha value is -4.03. The molecule has 1 N–H and O–H groups in total. The Balaban J connectivity index is 1.80. The van der Waals surface area contributed by atoms with Gasteiger partial charge in [0.05, 0.1) is 11.6 Å². The lowest BCUT2D eigenvalue weighted by molar-refractivity contribution is -0.274. The molecule has 3 rings (SSSR count). The number of alkyl halides is 3. The summed E-state index contributed by atoms with van der Waals surface area (Å²) >= 11 is 6.02. The quantitative estimate of drug-likeness (QED) is 0.300. The number of nitriles is 1. The highest BCUT2D eigenvalue weighted by molar-refractivity contribution is 6.30. The summed E-state index contributed by atoms with van der Waals surface area (Å²) in [6, 6.07) is 20.6. The van der Waals surface area contributed by atoms with Crippen LogP contribution < -0.4 is 10.1 Å². The van der Waals surface area contributed by atoms with E-state index >= 15 is 0 Å². The zero-order valence-electron chi connectivity index (χ0n) is 21.4. The van der Waals surface area contributed by atoms with Crippen LogP contribution in [0.5, 0.6) is 5.75 Å². The zero-order valence-corrected chi connectivity index (χ0v) is 22.1. The number of halogens is 4. The number of esters is 1. The maximum absolute atomic E-state index is 13.2. The molecule has 3 aromatic rings. The molecule has 2 atom stereocenters. The third-order valence-corrected chi connectivity index (χ3v) is 6.25. The molecule has 0 saturated heterocycles. The second-order valence-electron chi connectivity index (χ2n) is 9.38. The standard InChI is InChI=1S/C29H26ClF3N2O4/c1-18(24(16-19-11-13-22(30)14-12-19)21-8-6-7-20(15-21)17-34)35-27(37)28(2,3)39-26(36)23-9-4-5-10-25(23)38-29(31,32)33/h4-15,18,24H,16H2,1-3H3,(H,35,37). The molecule has 0 aromatic heterocycles. The zero-order chi connectivity index (χ0) is 28.8. The fourth-order valence-corrected chi connectivity index (χ4v) is 4.09. The molecule has 2 unspecified atom stereocenters. The highest BCUT2D eigenvalue weighted by Crippen LogP contribution is 2.29. The molecule has 0 saturated carbocycles. The summed E-state index contributed by atoms with van der Waals surface area (Å²) in [6.07, 6.45) is -4.52. The third kappa shape index (κ3) is 8.23. The molecule has 0 bridgehead atoms. The van der Waals surface area contributed by atoms with E-state index in [1.807, 2.05) is 18.2 Å². The first-order chi connectivity index (χ1) is 18.3. The number of nitrogens with one attached hydrogen (secondary N) is 1. The second-order valence-corrected chi connectivity index (χ2v) is 9.82. The largest absolute Gasteiger partial charge is 0.573 e. The summed E-state index contributed by atoms with van der Waals surface area (Å²) in [4.78, 5) is 26.0. The molecular formula is C29H26ClF3N2O4. The lowest BCUT2D eigenvalue weighted by Gasteiger charge is -2.30. The Labute approximate surface area is 229 Å². The van der Waals surface area contributed by atoms with Gasteiger partial charge in [0.2, 0.25) is 0 Å². The number of benzene rings is 3. The van der Waals surface area contributed by atoms with Crippen molar-refractivity contribution in [2.75, 3.05) is 0 Å². The van der Waals surface area contributed by atoms with Crippen LogP contribution in [0.1, 0.15) is 53.7 Å². The fourth-order valence-electron chi connectivity index (χ4n) is 3.96. The molecule has 0 radical (unpaired) electrons. The summed E-state index contributed by atoms with van der Waals surface area (Å²) in [5, 5.41) is 12.8. The minimum Gasteiger partial charge on any atom is -0.446 e. The normalized spacial score (nSPS) is 13.1. The van der Waals surface area contributed by atoms with Crippen molar-refractivity contribution in [2.24, 2.45) is 0 Å². The molecule has 204 valence electrons.